The van der Waals surface area contributed by atoms with Gasteiger partial charge in [-0.3, -0.25) is 9.59 Å². The average Bonchev–Trinajstić information content (AvgIpc) is 3.29. The minimum absolute atomic E-state index is 0.230. The molecule has 6 heteroatoms. The quantitative estimate of drug-likeness (QED) is 0.348. The van der Waals surface area contributed by atoms with E-state index in [4.69, 9.17) is 5.11 Å². The molecule has 0 spiro atoms. The number of carboxylic acids is 1. The lowest BCUT2D eigenvalue weighted by molar-refractivity contribution is -0.138. The molecule has 2 N–H and O–H groups in total. The lowest BCUT2D eigenvalue weighted by Crippen LogP contribution is -2.16. The number of pyridine rings is 1. The molecule has 178 valence electrons. The predicted octanol–water partition coefficient (Wildman–Crippen LogP) is 6.31. The van der Waals surface area contributed by atoms with Gasteiger partial charge in [0.15, 0.2) is 0 Å². The number of anilines is 1. The first-order chi connectivity index (χ1) is 17.0. The summed E-state index contributed by atoms with van der Waals surface area (Å²) in [6, 6.07) is 20.3. The smallest absolute Gasteiger partial charge is 0.303 e. The van der Waals surface area contributed by atoms with Crippen LogP contribution in [-0.2, 0) is 4.79 Å². The fourth-order valence-electron chi connectivity index (χ4n) is 5.07. The summed E-state index contributed by atoms with van der Waals surface area (Å²) in [6.45, 7) is 1.96. The number of carbonyl (C=O) groups excluding carboxylic acids is 1. The zero-order valence-corrected chi connectivity index (χ0v) is 19.8. The molecule has 6 nitrogen and oxygen atoms in total. The zero-order valence-electron chi connectivity index (χ0n) is 19.8. The summed E-state index contributed by atoms with van der Waals surface area (Å²) in [6.07, 6.45) is 8.11. The number of amides is 1. The van der Waals surface area contributed by atoms with Gasteiger partial charge in [-0.1, -0.05) is 42.5 Å². The molecule has 0 saturated heterocycles. The van der Waals surface area contributed by atoms with Gasteiger partial charge in [-0.05, 0) is 84.9 Å². The van der Waals surface area contributed by atoms with Gasteiger partial charge in [-0.15, -0.1) is 0 Å². The Balaban J connectivity index is 1.28. The van der Waals surface area contributed by atoms with Crippen molar-refractivity contribution in [1.29, 1.82) is 0 Å². The van der Waals surface area contributed by atoms with Crippen molar-refractivity contribution >= 4 is 23.2 Å². The van der Waals surface area contributed by atoms with Crippen LogP contribution in [0.5, 0.6) is 0 Å². The van der Waals surface area contributed by atoms with E-state index in [-0.39, 0.29) is 12.3 Å². The first-order valence-electron chi connectivity index (χ1n) is 12.1. The zero-order chi connectivity index (χ0) is 24.4. The van der Waals surface area contributed by atoms with Gasteiger partial charge in [0.2, 0.25) is 0 Å². The lowest BCUT2D eigenvalue weighted by Gasteiger charge is -2.28. The molecule has 0 unspecified atom stereocenters. The molecular weight excluding hydrogens is 438 g/mol. The largest absolute Gasteiger partial charge is 0.481 e. The van der Waals surface area contributed by atoms with Gasteiger partial charge in [0.25, 0.3) is 5.91 Å². The van der Waals surface area contributed by atoms with Crippen LogP contribution in [0.25, 0.3) is 16.8 Å². The van der Waals surface area contributed by atoms with E-state index < -0.39 is 5.97 Å². The van der Waals surface area contributed by atoms with Crippen molar-refractivity contribution in [3.8, 4) is 11.1 Å². The Kier molecular flexibility index (Phi) is 6.36. The monoisotopic (exact) mass is 467 g/mol. The van der Waals surface area contributed by atoms with Gasteiger partial charge in [-0.2, -0.15) is 0 Å². The standard InChI is InChI=1S/C29H29N3O3/c1-19-4-2-3-5-25(19)31-29(35)26-18-32-17-24(14-15-27(32)30-26)23-12-10-22(11-13-23)21-8-6-20(7-9-21)16-28(33)34/h2-5,10-15,17-18,20-21H,6-9,16H2,1H3,(H,31,35)(H,33,34). The molecule has 1 aliphatic rings. The van der Waals surface area contributed by atoms with Crippen LogP contribution in [0.3, 0.4) is 0 Å². The highest BCUT2D eigenvalue weighted by atomic mass is 16.4. The molecule has 0 atom stereocenters. The van der Waals surface area contributed by atoms with Crippen molar-refractivity contribution in [2.24, 2.45) is 5.92 Å². The van der Waals surface area contributed by atoms with Crippen molar-refractivity contribution in [2.45, 2.75) is 44.9 Å². The molecule has 0 radical (unpaired) electrons. The van der Waals surface area contributed by atoms with Gasteiger partial charge in [-0.25, -0.2) is 4.98 Å². The van der Waals surface area contributed by atoms with Crippen LogP contribution >= 0.6 is 0 Å². The molecule has 0 bridgehead atoms. The van der Waals surface area contributed by atoms with Gasteiger partial charge in [0.05, 0.1) is 0 Å². The molecule has 35 heavy (non-hydrogen) atoms. The Morgan fingerprint density at radius 1 is 0.943 bits per heavy atom. The van der Waals surface area contributed by atoms with E-state index in [1.807, 2.05) is 53.9 Å². The molecular formula is C29H29N3O3. The fraction of sp³-hybridized carbons (Fsp3) is 0.276. The minimum atomic E-state index is -0.688. The lowest BCUT2D eigenvalue weighted by atomic mass is 9.77. The Morgan fingerprint density at radius 2 is 1.66 bits per heavy atom. The second-order valence-electron chi connectivity index (χ2n) is 9.52. The molecule has 4 aromatic rings. The summed E-state index contributed by atoms with van der Waals surface area (Å²) < 4.78 is 1.89. The summed E-state index contributed by atoms with van der Waals surface area (Å²) in [5, 5.41) is 12.0. The van der Waals surface area contributed by atoms with Crippen molar-refractivity contribution in [1.82, 2.24) is 9.38 Å². The number of fused-ring (bicyclic) bond motifs is 1. The van der Waals surface area contributed by atoms with E-state index in [0.29, 0.717) is 17.5 Å². The molecule has 1 saturated carbocycles. The molecule has 1 fully saturated rings. The second-order valence-corrected chi connectivity index (χ2v) is 9.52. The average molecular weight is 468 g/mol. The van der Waals surface area contributed by atoms with Crippen molar-refractivity contribution in [2.75, 3.05) is 5.32 Å². The highest BCUT2D eigenvalue weighted by Gasteiger charge is 2.24. The van der Waals surface area contributed by atoms with Crippen LogP contribution in [0.1, 0.15) is 59.6 Å². The third-order valence-electron chi connectivity index (χ3n) is 7.10. The molecule has 0 aliphatic heterocycles. The number of nitrogens with zero attached hydrogens (tertiary/aromatic N) is 2. The van der Waals surface area contributed by atoms with Crippen LogP contribution in [0, 0.1) is 12.8 Å². The summed E-state index contributed by atoms with van der Waals surface area (Å²) >= 11 is 0. The second kappa shape index (κ2) is 9.74. The number of nitrogens with one attached hydrogen (secondary N) is 1. The third kappa shape index (κ3) is 5.11. The number of carbonyl (C=O) groups is 2. The molecule has 1 aliphatic carbocycles. The fourth-order valence-corrected chi connectivity index (χ4v) is 5.07. The summed E-state index contributed by atoms with van der Waals surface area (Å²) in [7, 11) is 0. The predicted molar refractivity (Wildman–Crippen MR) is 137 cm³/mol. The number of hydrogen-bond acceptors (Lipinski definition) is 3. The first kappa shape index (κ1) is 22.8. The van der Waals surface area contributed by atoms with Gasteiger partial charge < -0.3 is 14.8 Å². The number of aliphatic carboxylic acids is 1. The van der Waals surface area contributed by atoms with E-state index in [0.717, 1.165) is 53.7 Å². The van der Waals surface area contributed by atoms with E-state index >= 15 is 0 Å². The summed E-state index contributed by atoms with van der Waals surface area (Å²) in [5.74, 6) is -0.105. The number of aryl methyl sites for hydroxylation is 1. The Bertz CT molecular complexity index is 1370. The van der Waals surface area contributed by atoms with Crippen molar-refractivity contribution in [3.63, 3.8) is 0 Å². The number of benzene rings is 2. The maximum absolute atomic E-state index is 12.7. The Hall–Kier alpha value is -3.93. The number of hydrogen-bond donors (Lipinski definition) is 2. The van der Waals surface area contributed by atoms with E-state index in [1.54, 1.807) is 6.20 Å². The third-order valence-corrected chi connectivity index (χ3v) is 7.10. The van der Waals surface area contributed by atoms with Gasteiger partial charge in [0, 0.05) is 24.5 Å². The van der Waals surface area contributed by atoms with Crippen LogP contribution in [0.2, 0.25) is 0 Å². The SMILES string of the molecule is Cc1ccccc1NC(=O)c1cn2cc(-c3ccc(C4CCC(CC(=O)O)CC4)cc3)ccc2n1. The molecule has 5 rings (SSSR count). The van der Waals surface area contributed by atoms with Crippen LogP contribution in [-0.4, -0.2) is 26.4 Å². The Labute approximate surface area is 204 Å². The number of para-hydroxylation sites is 1. The molecule has 2 aromatic heterocycles. The minimum Gasteiger partial charge on any atom is -0.481 e. The molecule has 2 aromatic carbocycles. The van der Waals surface area contributed by atoms with E-state index in [9.17, 15) is 9.59 Å². The number of rotatable bonds is 6. The van der Waals surface area contributed by atoms with Crippen molar-refractivity contribution in [3.05, 3.63) is 89.9 Å². The van der Waals surface area contributed by atoms with E-state index in [1.165, 1.54) is 5.56 Å². The maximum Gasteiger partial charge on any atom is 0.303 e. The van der Waals surface area contributed by atoms with E-state index in [2.05, 4.69) is 34.6 Å². The Morgan fingerprint density at radius 3 is 2.37 bits per heavy atom. The number of carboxylic acid groups (broad SMARTS) is 1. The van der Waals surface area contributed by atoms with Gasteiger partial charge >= 0.3 is 5.97 Å². The normalized spacial score (nSPS) is 17.9. The van der Waals surface area contributed by atoms with Crippen molar-refractivity contribution < 1.29 is 14.7 Å². The van der Waals surface area contributed by atoms with Crippen LogP contribution < -0.4 is 5.32 Å². The van der Waals surface area contributed by atoms with Gasteiger partial charge in [0.1, 0.15) is 11.3 Å². The highest BCUT2D eigenvalue weighted by Crippen LogP contribution is 2.37. The molecule has 1 amide bonds. The summed E-state index contributed by atoms with van der Waals surface area (Å²) in [4.78, 5) is 28.2. The maximum atomic E-state index is 12.7. The topological polar surface area (TPSA) is 83.7 Å². The number of aromatic nitrogens is 2. The van der Waals surface area contributed by atoms with Crippen LogP contribution in [0.15, 0.2) is 73.1 Å². The highest BCUT2D eigenvalue weighted by molar-refractivity contribution is 6.03. The summed E-state index contributed by atoms with van der Waals surface area (Å²) in [5.41, 5.74) is 6.36. The van der Waals surface area contributed by atoms with Crippen LogP contribution in [0.4, 0.5) is 5.69 Å². The molecule has 2 heterocycles. The number of imidazole rings is 1. The first-order valence-corrected chi connectivity index (χ1v) is 12.1.